The number of aromatic nitrogens is 2. The van der Waals surface area contributed by atoms with Crippen LogP contribution in [0.25, 0.3) is 0 Å². The van der Waals surface area contributed by atoms with Gasteiger partial charge in [-0.1, -0.05) is 12.1 Å². The van der Waals surface area contributed by atoms with Gasteiger partial charge in [-0.15, -0.1) is 0 Å². The van der Waals surface area contributed by atoms with Crippen molar-refractivity contribution in [2.24, 2.45) is 0 Å². The fourth-order valence-corrected chi connectivity index (χ4v) is 2.02. The number of esters is 1. The number of ether oxygens (including phenoxy) is 1. The summed E-state index contributed by atoms with van der Waals surface area (Å²) in [5, 5.41) is 8.87. The summed E-state index contributed by atoms with van der Waals surface area (Å²) in [6, 6.07) is 7.20. The van der Waals surface area contributed by atoms with Gasteiger partial charge in [-0.3, -0.25) is 19.6 Å². The number of hydrogen-bond acceptors (Lipinski definition) is 5. The third-order valence-corrected chi connectivity index (χ3v) is 4.09. The average molecular weight is 358 g/mol. The molecule has 6 nitrogen and oxygen atoms in total. The van der Waals surface area contributed by atoms with Gasteiger partial charge >= 0.3 is 11.9 Å². The predicted molar refractivity (Wildman–Crippen MR) is 98.8 cm³/mol. The van der Waals surface area contributed by atoms with Crippen LogP contribution in [-0.2, 0) is 25.2 Å². The van der Waals surface area contributed by atoms with E-state index in [9.17, 15) is 9.59 Å². The Morgan fingerprint density at radius 1 is 0.962 bits per heavy atom. The zero-order valence-corrected chi connectivity index (χ0v) is 15.9. The summed E-state index contributed by atoms with van der Waals surface area (Å²) in [7, 11) is 0. The molecule has 0 radical (unpaired) electrons. The molecule has 0 atom stereocenters. The molecule has 0 saturated carbocycles. The van der Waals surface area contributed by atoms with Crippen molar-refractivity contribution in [3.8, 4) is 0 Å². The van der Waals surface area contributed by atoms with Crippen LogP contribution in [0, 0.1) is 0 Å². The van der Waals surface area contributed by atoms with Gasteiger partial charge in [0.1, 0.15) is 0 Å². The lowest BCUT2D eigenvalue weighted by Gasteiger charge is -2.21. The van der Waals surface area contributed by atoms with Crippen molar-refractivity contribution >= 4 is 11.9 Å². The van der Waals surface area contributed by atoms with E-state index >= 15 is 0 Å². The van der Waals surface area contributed by atoms with E-state index in [4.69, 9.17) is 9.84 Å². The molecule has 0 fully saturated rings. The molecule has 0 unspecified atom stereocenters. The van der Waals surface area contributed by atoms with Crippen LogP contribution in [0.5, 0.6) is 0 Å². The Labute approximate surface area is 154 Å². The van der Waals surface area contributed by atoms with Gasteiger partial charge in [-0.25, -0.2) is 0 Å². The largest absolute Gasteiger partial charge is 0.481 e. The number of nitrogens with zero attached hydrogens (tertiary/aromatic N) is 2. The van der Waals surface area contributed by atoms with Crippen molar-refractivity contribution in [2.75, 3.05) is 6.61 Å². The Kier molecular flexibility index (Phi) is 7.43. The fraction of sp³-hybridized carbons (Fsp3) is 0.400. The Morgan fingerprint density at radius 3 is 1.77 bits per heavy atom. The van der Waals surface area contributed by atoms with Crippen molar-refractivity contribution in [2.45, 2.75) is 45.4 Å². The highest BCUT2D eigenvalue weighted by atomic mass is 16.5. The Morgan fingerprint density at radius 2 is 1.42 bits per heavy atom. The van der Waals surface area contributed by atoms with E-state index in [1.807, 2.05) is 26.0 Å². The van der Waals surface area contributed by atoms with E-state index < -0.39 is 16.8 Å². The minimum atomic E-state index is -0.853. The second kappa shape index (κ2) is 9.08. The molecular weight excluding hydrogens is 332 g/mol. The van der Waals surface area contributed by atoms with Gasteiger partial charge in [0, 0.05) is 24.8 Å². The van der Waals surface area contributed by atoms with Crippen molar-refractivity contribution in [1.82, 2.24) is 9.97 Å². The van der Waals surface area contributed by atoms with Crippen LogP contribution in [0.15, 0.2) is 49.1 Å². The minimum Gasteiger partial charge on any atom is -0.481 e. The second-order valence-corrected chi connectivity index (χ2v) is 6.76. The summed E-state index contributed by atoms with van der Waals surface area (Å²) in [6.07, 6.45) is 6.58. The SMILES string of the molecule is CC(C)(C(=O)O)c1cccnc1.CCOC(=O)C(C)(C)c1cccnc1. The standard InChI is InChI=1S/C11H15NO2.C9H11NO2/c1-4-14-10(13)11(2,3)9-6-5-7-12-8-9;1-9(2,8(11)12)7-4-3-5-10-6-7/h5-8H,4H2,1-3H3;3-6H,1-2H3,(H,11,12). The maximum Gasteiger partial charge on any atom is 0.316 e. The molecule has 0 aliphatic heterocycles. The van der Waals surface area contributed by atoms with Gasteiger partial charge in [0.05, 0.1) is 17.4 Å². The van der Waals surface area contributed by atoms with Crippen molar-refractivity contribution < 1.29 is 19.4 Å². The molecule has 0 saturated heterocycles. The summed E-state index contributed by atoms with van der Waals surface area (Å²) in [4.78, 5) is 30.3. The number of rotatable bonds is 5. The Bertz CT molecular complexity index is 713. The molecule has 0 aliphatic carbocycles. The van der Waals surface area contributed by atoms with Gasteiger partial charge < -0.3 is 9.84 Å². The summed E-state index contributed by atoms with van der Waals surface area (Å²) in [5.74, 6) is -1.05. The number of pyridine rings is 2. The Balaban J connectivity index is 0.000000263. The van der Waals surface area contributed by atoms with E-state index in [0.717, 1.165) is 11.1 Å². The van der Waals surface area contributed by atoms with Crippen LogP contribution in [0.1, 0.15) is 45.7 Å². The van der Waals surface area contributed by atoms with Crippen LogP contribution in [0.2, 0.25) is 0 Å². The van der Waals surface area contributed by atoms with Gasteiger partial charge in [-0.2, -0.15) is 0 Å². The van der Waals surface area contributed by atoms with E-state index in [2.05, 4.69) is 9.97 Å². The normalized spacial score (nSPS) is 11.1. The molecule has 0 aromatic carbocycles. The molecule has 1 N–H and O–H groups in total. The van der Waals surface area contributed by atoms with Crippen molar-refractivity contribution in [1.29, 1.82) is 0 Å². The van der Waals surface area contributed by atoms with Crippen LogP contribution < -0.4 is 0 Å². The first-order valence-corrected chi connectivity index (χ1v) is 8.35. The number of carboxylic acids is 1. The van der Waals surface area contributed by atoms with E-state index in [1.165, 1.54) is 0 Å². The average Bonchev–Trinajstić information content (AvgIpc) is 2.64. The molecule has 26 heavy (non-hydrogen) atoms. The number of hydrogen-bond donors (Lipinski definition) is 1. The number of carboxylic acid groups (broad SMARTS) is 1. The van der Waals surface area contributed by atoms with Crippen LogP contribution in [-0.4, -0.2) is 33.6 Å². The zero-order chi connectivity index (χ0) is 19.8. The summed E-state index contributed by atoms with van der Waals surface area (Å²) >= 11 is 0. The molecule has 6 heteroatoms. The van der Waals surface area contributed by atoms with Crippen molar-refractivity contribution in [3.63, 3.8) is 0 Å². The maximum absolute atomic E-state index is 11.6. The molecule has 0 aliphatic rings. The van der Waals surface area contributed by atoms with E-state index in [-0.39, 0.29) is 5.97 Å². The van der Waals surface area contributed by atoms with Gasteiger partial charge in [0.15, 0.2) is 0 Å². The Hall–Kier alpha value is -2.76. The summed E-state index contributed by atoms with van der Waals surface area (Å²) < 4.78 is 4.99. The van der Waals surface area contributed by atoms with E-state index in [1.54, 1.807) is 57.7 Å². The van der Waals surface area contributed by atoms with Crippen LogP contribution >= 0.6 is 0 Å². The highest BCUT2D eigenvalue weighted by molar-refractivity contribution is 5.82. The predicted octanol–water partition coefficient (Wildman–Crippen LogP) is 3.37. The molecule has 0 bridgehead atoms. The molecule has 2 aromatic heterocycles. The second-order valence-electron chi connectivity index (χ2n) is 6.76. The highest BCUT2D eigenvalue weighted by Crippen LogP contribution is 2.23. The number of carbonyl (C=O) groups is 2. The molecule has 140 valence electrons. The van der Waals surface area contributed by atoms with Crippen LogP contribution in [0.3, 0.4) is 0 Å². The first-order valence-electron chi connectivity index (χ1n) is 8.35. The zero-order valence-electron chi connectivity index (χ0n) is 15.9. The number of aliphatic carboxylic acids is 1. The summed E-state index contributed by atoms with van der Waals surface area (Å²) in [5.41, 5.74) is 0.120. The third kappa shape index (κ3) is 5.37. The first kappa shape index (κ1) is 21.3. The molecule has 0 spiro atoms. The molecule has 2 rings (SSSR count). The van der Waals surface area contributed by atoms with Crippen LogP contribution in [0.4, 0.5) is 0 Å². The molecule has 2 aromatic rings. The third-order valence-electron chi connectivity index (χ3n) is 4.09. The van der Waals surface area contributed by atoms with Gasteiger partial charge in [0.2, 0.25) is 0 Å². The lowest BCUT2D eigenvalue weighted by molar-refractivity contribution is -0.148. The highest BCUT2D eigenvalue weighted by Gasteiger charge is 2.31. The maximum atomic E-state index is 11.6. The lowest BCUT2D eigenvalue weighted by Crippen LogP contribution is -2.31. The number of carbonyl (C=O) groups excluding carboxylic acids is 1. The smallest absolute Gasteiger partial charge is 0.316 e. The van der Waals surface area contributed by atoms with Crippen molar-refractivity contribution in [3.05, 3.63) is 60.2 Å². The lowest BCUT2D eigenvalue weighted by atomic mass is 9.86. The monoisotopic (exact) mass is 358 g/mol. The van der Waals surface area contributed by atoms with Gasteiger partial charge in [-0.05, 0) is 57.9 Å². The molecular formula is C20H26N2O4. The quantitative estimate of drug-likeness (QED) is 0.824. The van der Waals surface area contributed by atoms with E-state index in [0.29, 0.717) is 6.61 Å². The minimum absolute atomic E-state index is 0.215. The molecule has 0 amide bonds. The summed E-state index contributed by atoms with van der Waals surface area (Å²) in [6.45, 7) is 9.20. The topological polar surface area (TPSA) is 89.4 Å². The first-order chi connectivity index (χ1) is 12.1. The molecule has 2 heterocycles. The fourth-order valence-electron chi connectivity index (χ4n) is 2.02. The van der Waals surface area contributed by atoms with Gasteiger partial charge in [0.25, 0.3) is 0 Å².